The number of hydrogen-bond acceptors (Lipinski definition) is 6. The van der Waals surface area contributed by atoms with Gasteiger partial charge < -0.3 is 29.2 Å². The van der Waals surface area contributed by atoms with Crippen molar-refractivity contribution in [1.82, 2.24) is 0 Å². The normalized spacial score (nSPS) is 38.4. The molecule has 0 amide bonds. The average molecular weight is 427 g/mol. The molecule has 6 atom stereocenters. The maximum atomic E-state index is 10.8. The van der Waals surface area contributed by atoms with E-state index in [1.54, 1.807) is 48.5 Å². The number of ether oxygens (including phenoxy) is 4. The summed E-state index contributed by atoms with van der Waals surface area (Å²) in [6.07, 6.45) is -3.94. The smallest absolute Gasteiger partial charge is 0.277 e. The fourth-order valence-corrected chi connectivity index (χ4v) is 4.01. The molecule has 0 radical (unpaired) electrons. The van der Waals surface area contributed by atoms with Crippen molar-refractivity contribution in [1.29, 1.82) is 0 Å². The van der Waals surface area contributed by atoms with Crippen molar-refractivity contribution < 1.29 is 29.2 Å². The van der Waals surface area contributed by atoms with E-state index in [4.69, 9.17) is 42.1 Å². The first kappa shape index (κ1) is 20.1. The average Bonchev–Trinajstić information content (AvgIpc) is 3.08. The molecule has 0 aliphatic carbocycles. The zero-order valence-electron chi connectivity index (χ0n) is 14.8. The van der Waals surface area contributed by atoms with Crippen LogP contribution < -0.4 is 0 Å². The Balaban J connectivity index is 1.64. The van der Waals surface area contributed by atoms with E-state index in [2.05, 4.69) is 0 Å². The number of alkyl halides is 2. The highest BCUT2D eigenvalue weighted by atomic mass is 35.5. The minimum atomic E-state index is -1.70. The van der Waals surface area contributed by atoms with Gasteiger partial charge in [0.05, 0.1) is 13.2 Å². The molecule has 28 heavy (non-hydrogen) atoms. The van der Waals surface area contributed by atoms with Crippen molar-refractivity contribution in [3.8, 4) is 0 Å². The minimum absolute atomic E-state index is 0.0421. The van der Waals surface area contributed by atoms with Crippen molar-refractivity contribution in [2.75, 3.05) is 13.2 Å². The minimum Gasteiger partial charge on any atom is -0.394 e. The third kappa shape index (κ3) is 3.67. The summed E-state index contributed by atoms with van der Waals surface area (Å²) in [5.74, 6) is 0. The van der Waals surface area contributed by atoms with Crippen LogP contribution in [0.2, 0.25) is 0 Å². The zero-order valence-corrected chi connectivity index (χ0v) is 16.3. The molecule has 2 N–H and O–H groups in total. The summed E-state index contributed by atoms with van der Waals surface area (Å²) < 4.78 is 23.4. The monoisotopic (exact) mass is 426 g/mol. The quantitative estimate of drug-likeness (QED) is 0.734. The molecule has 2 unspecified atom stereocenters. The second-order valence-corrected chi connectivity index (χ2v) is 7.68. The number of fused-ring (bicyclic) bond motifs is 1. The van der Waals surface area contributed by atoms with Crippen LogP contribution in [-0.4, -0.2) is 47.8 Å². The van der Waals surface area contributed by atoms with E-state index >= 15 is 0 Å². The molecule has 2 aromatic rings. The van der Waals surface area contributed by atoms with Crippen molar-refractivity contribution in [2.45, 2.75) is 34.9 Å². The molecule has 0 saturated carbocycles. The van der Waals surface area contributed by atoms with Gasteiger partial charge in [-0.05, 0) is 0 Å². The Morgan fingerprint density at radius 1 is 0.857 bits per heavy atom. The van der Waals surface area contributed by atoms with Crippen LogP contribution in [0.4, 0.5) is 0 Å². The molecule has 6 nitrogen and oxygen atoms in total. The van der Waals surface area contributed by atoms with E-state index in [0.717, 1.165) is 0 Å². The molecule has 4 rings (SSSR count). The SMILES string of the molecule is OC[C@H]1OC(Cl)(c2ccccc2)OC[C@@H]2OC(Cl)(c3ccccc3)O[C@H]2[C@@H]1O. The van der Waals surface area contributed by atoms with Crippen molar-refractivity contribution in [3.63, 3.8) is 0 Å². The Morgan fingerprint density at radius 3 is 2.00 bits per heavy atom. The molecule has 8 heteroatoms. The molecule has 150 valence electrons. The van der Waals surface area contributed by atoms with E-state index in [1.165, 1.54) is 0 Å². The Morgan fingerprint density at radius 2 is 1.43 bits per heavy atom. The maximum Gasteiger partial charge on any atom is 0.277 e. The molecular formula is C20H20Cl2O6. The first-order valence-corrected chi connectivity index (χ1v) is 9.66. The van der Waals surface area contributed by atoms with Gasteiger partial charge in [-0.15, -0.1) is 0 Å². The summed E-state index contributed by atoms with van der Waals surface area (Å²) in [5.41, 5.74) is 1.11. The molecular weight excluding hydrogens is 407 g/mol. The van der Waals surface area contributed by atoms with E-state index in [1.807, 2.05) is 12.1 Å². The zero-order chi connectivity index (χ0) is 19.8. The number of aliphatic hydroxyl groups excluding tert-OH is 2. The summed E-state index contributed by atoms with van der Waals surface area (Å²) in [4.78, 5) is 0. The van der Waals surface area contributed by atoms with E-state index in [9.17, 15) is 10.2 Å². The highest BCUT2D eigenvalue weighted by Crippen LogP contribution is 2.45. The molecule has 0 bridgehead atoms. The maximum absolute atomic E-state index is 10.8. The largest absolute Gasteiger partial charge is 0.394 e. The third-order valence-corrected chi connectivity index (χ3v) is 5.64. The van der Waals surface area contributed by atoms with E-state index in [0.29, 0.717) is 11.1 Å². The Bertz CT molecular complexity index is 794. The lowest BCUT2D eigenvalue weighted by Crippen LogP contribution is -2.53. The van der Waals surface area contributed by atoms with Crippen LogP contribution in [0, 0.1) is 0 Å². The Hall–Kier alpha value is -1.22. The molecule has 0 aromatic heterocycles. The van der Waals surface area contributed by atoms with Gasteiger partial charge in [0.15, 0.2) is 0 Å². The first-order chi connectivity index (χ1) is 13.5. The molecule has 2 aliphatic rings. The molecule has 0 spiro atoms. The van der Waals surface area contributed by atoms with Crippen molar-refractivity contribution in [3.05, 3.63) is 71.8 Å². The van der Waals surface area contributed by atoms with Gasteiger partial charge in [-0.3, -0.25) is 0 Å². The van der Waals surface area contributed by atoms with E-state index < -0.39 is 41.5 Å². The van der Waals surface area contributed by atoms with Gasteiger partial charge in [0, 0.05) is 11.1 Å². The van der Waals surface area contributed by atoms with Gasteiger partial charge in [-0.2, -0.15) is 0 Å². The fourth-order valence-electron chi connectivity index (χ4n) is 3.37. The van der Waals surface area contributed by atoms with Gasteiger partial charge in [0.25, 0.3) is 10.5 Å². The van der Waals surface area contributed by atoms with Crippen LogP contribution in [0.5, 0.6) is 0 Å². The topological polar surface area (TPSA) is 77.4 Å². The summed E-state index contributed by atoms with van der Waals surface area (Å²) in [6.45, 7) is -0.543. The second kappa shape index (κ2) is 7.89. The van der Waals surface area contributed by atoms with Crippen molar-refractivity contribution >= 4 is 23.2 Å². The molecule has 2 heterocycles. The molecule has 2 aliphatic heterocycles. The van der Waals surface area contributed by atoms with E-state index in [-0.39, 0.29) is 6.61 Å². The lowest BCUT2D eigenvalue weighted by Gasteiger charge is -2.38. The van der Waals surface area contributed by atoms with Gasteiger partial charge >= 0.3 is 0 Å². The summed E-state index contributed by atoms with van der Waals surface area (Å²) >= 11 is 13.2. The molecule has 2 aromatic carbocycles. The van der Waals surface area contributed by atoms with Gasteiger partial charge in [-0.25, -0.2) is 0 Å². The first-order valence-electron chi connectivity index (χ1n) is 8.90. The summed E-state index contributed by atoms with van der Waals surface area (Å²) in [7, 11) is 0. The van der Waals surface area contributed by atoms with Crippen LogP contribution >= 0.6 is 23.2 Å². The molecule has 2 fully saturated rings. The highest BCUT2D eigenvalue weighted by Gasteiger charge is 2.55. The second-order valence-electron chi connectivity index (χ2n) is 6.68. The standard InChI is InChI=1S/C20H20Cl2O6/c21-19(13-7-3-1-4-8-13)25-12-16-18(17(24)15(11-23)26-19)28-20(22,27-16)14-9-5-2-6-10-14/h1-10,15-18,23-24H,11-12H2/t15-,16+,17-,18-,19?,20?/m1/s1. The Kier molecular flexibility index (Phi) is 5.66. The third-order valence-electron chi connectivity index (χ3n) is 4.83. The number of rotatable bonds is 3. The number of halogens is 2. The van der Waals surface area contributed by atoms with Crippen molar-refractivity contribution in [2.24, 2.45) is 0 Å². The number of benzene rings is 2. The van der Waals surface area contributed by atoms with Crippen LogP contribution in [0.15, 0.2) is 60.7 Å². The summed E-state index contributed by atoms with van der Waals surface area (Å²) in [6, 6.07) is 17.8. The Labute approximate surface area is 172 Å². The van der Waals surface area contributed by atoms with Crippen LogP contribution in [0.3, 0.4) is 0 Å². The molecule has 2 saturated heterocycles. The van der Waals surface area contributed by atoms with Crippen LogP contribution in [0.1, 0.15) is 11.1 Å². The number of aliphatic hydroxyl groups is 2. The lowest BCUT2D eigenvalue weighted by molar-refractivity contribution is -0.267. The fraction of sp³-hybridized carbons (Fsp3) is 0.400. The summed E-state index contributed by atoms with van der Waals surface area (Å²) in [5, 5.41) is 17.3. The van der Waals surface area contributed by atoms with Gasteiger partial charge in [-0.1, -0.05) is 83.9 Å². The van der Waals surface area contributed by atoms with Crippen LogP contribution in [-0.2, 0) is 29.4 Å². The van der Waals surface area contributed by atoms with Crippen LogP contribution in [0.25, 0.3) is 0 Å². The highest BCUT2D eigenvalue weighted by molar-refractivity contribution is 6.22. The van der Waals surface area contributed by atoms with Gasteiger partial charge in [0.2, 0.25) is 0 Å². The predicted octanol–water partition coefficient (Wildman–Crippen LogP) is 2.64. The number of hydrogen-bond donors (Lipinski definition) is 2. The lowest BCUT2D eigenvalue weighted by atomic mass is 10.0. The van der Waals surface area contributed by atoms with Gasteiger partial charge in [0.1, 0.15) is 24.4 Å². The predicted molar refractivity (Wildman–Crippen MR) is 102 cm³/mol.